The minimum Gasteiger partial charge on any atom is -0.378 e. The molecule has 0 aromatic rings. The van der Waals surface area contributed by atoms with E-state index in [1.807, 2.05) is 0 Å². The predicted octanol–water partition coefficient (Wildman–Crippen LogP) is 2.15. The van der Waals surface area contributed by atoms with Gasteiger partial charge in [0.15, 0.2) is 9.84 Å². The summed E-state index contributed by atoms with van der Waals surface area (Å²) in [6, 6.07) is 0. The Morgan fingerprint density at radius 1 is 1.09 bits per heavy atom. The number of likely N-dealkylation sites (tertiary alicyclic amines) is 1. The van der Waals surface area contributed by atoms with Crippen LogP contribution < -0.4 is 0 Å². The van der Waals surface area contributed by atoms with Gasteiger partial charge in [0.1, 0.15) is 5.75 Å². The van der Waals surface area contributed by atoms with E-state index in [1.165, 1.54) is 0 Å². The van der Waals surface area contributed by atoms with E-state index in [0.29, 0.717) is 13.1 Å². The summed E-state index contributed by atoms with van der Waals surface area (Å²) in [7, 11) is -3.27. The molecule has 2 aliphatic rings. The van der Waals surface area contributed by atoms with Crippen molar-refractivity contribution in [3.63, 3.8) is 0 Å². The monoisotopic (exact) mass is 331 g/mol. The van der Waals surface area contributed by atoms with Gasteiger partial charge in [-0.1, -0.05) is 19.8 Å². The number of amides is 1. The molecule has 0 N–H and O–H groups in total. The van der Waals surface area contributed by atoms with Crippen LogP contribution in [0.3, 0.4) is 0 Å². The fraction of sp³-hybridized carbons (Fsp3) is 0.938. The maximum Gasteiger partial charge on any atom is 0.237 e. The summed E-state index contributed by atoms with van der Waals surface area (Å²) in [4.78, 5) is 14.1. The highest BCUT2D eigenvalue weighted by atomic mass is 32.2. The van der Waals surface area contributed by atoms with Crippen molar-refractivity contribution in [2.24, 2.45) is 0 Å². The lowest BCUT2D eigenvalue weighted by molar-refractivity contribution is -0.128. The first-order chi connectivity index (χ1) is 10.5. The van der Waals surface area contributed by atoms with Gasteiger partial charge in [-0.15, -0.1) is 0 Å². The molecule has 1 saturated heterocycles. The second kappa shape index (κ2) is 8.29. The van der Waals surface area contributed by atoms with Gasteiger partial charge >= 0.3 is 0 Å². The number of nitrogens with zero attached hydrogens (tertiary/aromatic N) is 1. The van der Waals surface area contributed by atoms with Crippen molar-refractivity contribution in [1.82, 2.24) is 4.90 Å². The smallest absolute Gasteiger partial charge is 0.237 e. The number of hydrogen-bond donors (Lipinski definition) is 0. The zero-order valence-electron chi connectivity index (χ0n) is 13.6. The summed E-state index contributed by atoms with van der Waals surface area (Å²) in [6.07, 6.45) is 7.27. The second-order valence-corrected chi connectivity index (χ2v) is 8.80. The third kappa shape index (κ3) is 4.95. The molecule has 0 spiro atoms. The summed E-state index contributed by atoms with van der Waals surface area (Å²) < 4.78 is 30.4. The molecule has 1 heterocycles. The zero-order chi connectivity index (χ0) is 16.0. The molecule has 1 atom stereocenters. The molecule has 22 heavy (non-hydrogen) atoms. The molecule has 5 nitrogen and oxygen atoms in total. The average Bonchev–Trinajstić information content (AvgIpc) is 2.92. The summed E-state index contributed by atoms with van der Waals surface area (Å²) in [5.74, 6) is -0.527. The summed E-state index contributed by atoms with van der Waals surface area (Å²) in [5, 5.41) is -0.288. The summed E-state index contributed by atoms with van der Waals surface area (Å²) >= 11 is 0. The first-order valence-electron chi connectivity index (χ1n) is 8.64. The van der Waals surface area contributed by atoms with Crippen LogP contribution in [0.15, 0.2) is 0 Å². The Labute approximate surface area is 134 Å². The minimum absolute atomic E-state index is 0.212. The van der Waals surface area contributed by atoms with Crippen molar-refractivity contribution in [2.75, 3.05) is 25.4 Å². The Hall–Kier alpha value is -0.620. The van der Waals surface area contributed by atoms with Crippen molar-refractivity contribution in [2.45, 2.75) is 69.6 Å². The van der Waals surface area contributed by atoms with E-state index in [2.05, 4.69) is 6.92 Å². The molecule has 0 unspecified atom stereocenters. The normalized spacial score (nSPS) is 24.4. The van der Waals surface area contributed by atoms with E-state index >= 15 is 0 Å². The molecule has 6 heteroatoms. The van der Waals surface area contributed by atoms with Crippen LogP contribution in [0.25, 0.3) is 0 Å². The quantitative estimate of drug-likeness (QED) is 0.748. The van der Waals surface area contributed by atoms with Gasteiger partial charge in [0.25, 0.3) is 0 Å². The third-order valence-electron chi connectivity index (χ3n) is 4.72. The van der Waals surface area contributed by atoms with E-state index in [1.54, 1.807) is 4.90 Å². The SMILES string of the molecule is CCCO[C@@H]1CCCN(C(=O)CS(=O)(=O)C2CCCC2)CC1. The Kier molecular flexibility index (Phi) is 6.68. The maximum absolute atomic E-state index is 12.3. The van der Waals surface area contributed by atoms with E-state index in [9.17, 15) is 13.2 Å². The minimum atomic E-state index is -3.27. The van der Waals surface area contributed by atoms with Crippen LogP contribution in [0.4, 0.5) is 0 Å². The van der Waals surface area contributed by atoms with Gasteiger partial charge in [-0.2, -0.15) is 0 Å². The Balaban J connectivity index is 1.84. The lowest BCUT2D eigenvalue weighted by Crippen LogP contribution is -2.38. The number of carbonyl (C=O) groups is 1. The number of sulfone groups is 1. The summed E-state index contributed by atoms with van der Waals surface area (Å²) in [5.41, 5.74) is 0. The Morgan fingerprint density at radius 2 is 1.82 bits per heavy atom. The highest BCUT2D eigenvalue weighted by Crippen LogP contribution is 2.25. The molecule has 0 radical (unpaired) electrons. The fourth-order valence-corrected chi connectivity index (χ4v) is 5.21. The molecule has 0 aromatic heterocycles. The Morgan fingerprint density at radius 3 is 2.50 bits per heavy atom. The molecule has 0 aromatic carbocycles. The standard InChI is InChI=1S/C16H29NO4S/c1-2-12-21-14-6-5-10-17(11-9-14)16(18)13-22(19,20)15-7-3-4-8-15/h14-15H,2-13H2,1H3/t14-/m1/s1. The van der Waals surface area contributed by atoms with Crippen LogP contribution in [0.5, 0.6) is 0 Å². The van der Waals surface area contributed by atoms with Crippen molar-refractivity contribution in [1.29, 1.82) is 0 Å². The zero-order valence-corrected chi connectivity index (χ0v) is 14.4. The summed E-state index contributed by atoms with van der Waals surface area (Å²) in [6.45, 7) is 4.12. The molecular weight excluding hydrogens is 302 g/mol. The lowest BCUT2D eigenvalue weighted by atomic mass is 10.2. The first-order valence-corrected chi connectivity index (χ1v) is 10.4. The highest BCUT2D eigenvalue weighted by Gasteiger charge is 2.32. The van der Waals surface area contributed by atoms with Gasteiger partial charge in [0.2, 0.25) is 5.91 Å². The molecule has 1 amide bonds. The van der Waals surface area contributed by atoms with Crippen LogP contribution in [0.2, 0.25) is 0 Å². The number of carbonyl (C=O) groups excluding carboxylic acids is 1. The van der Waals surface area contributed by atoms with Crippen molar-refractivity contribution < 1.29 is 17.9 Å². The highest BCUT2D eigenvalue weighted by molar-refractivity contribution is 7.92. The molecule has 0 bridgehead atoms. The topological polar surface area (TPSA) is 63.7 Å². The second-order valence-electron chi connectivity index (χ2n) is 6.52. The van der Waals surface area contributed by atoms with Crippen LogP contribution >= 0.6 is 0 Å². The van der Waals surface area contributed by atoms with Crippen LogP contribution in [-0.2, 0) is 19.4 Å². The van der Waals surface area contributed by atoms with Gasteiger partial charge in [-0.25, -0.2) is 8.42 Å². The van der Waals surface area contributed by atoms with Gasteiger partial charge in [-0.3, -0.25) is 4.79 Å². The van der Waals surface area contributed by atoms with Crippen LogP contribution in [0, 0.1) is 0 Å². The Bertz CT molecular complexity index is 457. The van der Waals surface area contributed by atoms with Crippen LogP contribution in [-0.4, -0.2) is 56.0 Å². The molecule has 128 valence electrons. The van der Waals surface area contributed by atoms with Crippen molar-refractivity contribution in [3.8, 4) is 0 Å². The number of hydrogen-bond acceptors (Lipinski definition) is 4. The van der Waals surface area contributed by atoms with Gasteiger partial charge in [-0.05, 0) is 38.5 Å². The molecule has 1 aliphatic carbocycles. The average molecular weight is 331 g/mol. The molecule has 1 aliphatic heterocycles. The molecular formula is C16H29NO4S. The van der Waals surface area contributed by atoms with E-state index in [4.69, 9.17) is 4.74 Å². The largest absolute Gasteiger partial charge is 0.378 e. The van der Waals surface area contributed by atoms with Crippen molar-refractivity contribution in [3.05, 3.63) is 0 Å². The number of ether oxygens (including phenoxy) is 1. The number of rotatable bonds is 6. The molecule has 1 saturated carbocycles. The predicted molar refractivity (Wildman–Crippen MR) is 86.5 cm³/mol. The van der Waals surface area contributed by atoms with E-state index in [-0.39, 0.29) is 23.0 Å². The van der Waals surface area contributed by atoms with Crippen LogP contribution in [0.1, 0.15) is 58.3 Å². The maximum atomic E-state index is 12.3. The lowest BCUT2D eigenvalue weighted by Gasteiger charge is -2.21. The molecule has 2 fully saturated rings. The van der Waals surface area contributed by atoms with Gasteiger partial charge in [0, 0.05) is 19.7 Å². The molecule has 2 rings (SSSR count). The first kappa shape index (κ1) is 17.7. The third-order valence-corrected chi connectivity index (χ3v) is 6.86. The fourth-order valence-electron chi connectivity index (χ4n) is 3.40. The van der Waals surface area contributed by atoms with Gasteiger partial charge in [0.05, 0.1) is 11.4 Å². The van der Waals surface area contributed by atoms with E-state index in [0.717, 1.165) is 58.0 Å². The van der Waals surface area contributed by atoms with Gasteiger partial charge < -0.3 is 9.64 Å². The van der Waals surface area contributed by atoms with Crippen molar-refractivity contribution >= 4 is 15.7 Å². The van der Waals surface area contributed by atoms with E-state index < -0.39 is 9.84 Å².